The summed E-state index contributed by atoms with van der Waals surface area (Å²) in [6.45, 7) is 4.59. The van der Waals surface area contributed by atoms with Crippen molar-refractivity contribution in [3.63, 3.8) is 0 Å². The van der Waals surface area contributed by atoms with E-state index in [1.807, 2.05) is 6.92 Å². The summed E-state index contributed by atoms with van der Waals surface area (Å²) in [4.78, 5) is 2.06. The Morgan fingerprint density at radius 3 is 2.67 bits per heavy atom. The lowest BCUT2D eigenvalue weighted by Gasteiger charge is -2.26. The van der Waals surface area contributed by atoms with E-state index in [0.29, 0.717) is 12.6 Å². The van der Waals surface area contributed by atoms with Crippen molar-refractivity contribution < 1.29 is 5.11 Å². The van der Waals surface area contributed by atoms with Gasteiger partial charge in [0.25, 0.3) is 0 Å². The summed E-state index contributed by atoms with van der Waals surface area (Å²) >= 11 is 0. The van der Waals surface area contributed by atoms with Crippen LogP contribution in [-0.2, 0) is 0 Å². The number of amidine groups is 1. The van der Waals surface area contributed by atoms with Gasteiger partial charge in [0.15, 0.2) is 0 Å². The van der Waals surface area contributed by atoms with Gasteiger partial charge in [-0.25, -0.2) is 0 Å². The second-order valence-corrected chi connectivity index (χ2v) is 3.57. The molecule has 0 spiro atoms. The molecule has 3 unspecified atom stereocenters. The highest BCUT2D eigenvalue weighted by atomic mass is 16.3. The van der Waals surface area contributed by atoms with Crippen LogP contribution in [0.25, 0.3) is 0 Å². The van der Waals surface area contributed by atoms with Crippen molar-refractivity contribution in [3.8, 4) is 0 Å². The van der Waals surface area contributed by atoms with E-state index >= 15 is 0 Å². The van der Waals surface area contributed by atoms with Gasteiger partial charge in [-0.1, -0.05) is 0 Å². The Morgan fingerprint density at radius 2 is 2.33 bits per heavy atom. The molecule has 0 aromatic carbocycles. The second-order valence-electron chi connectivity index (χ2n) is 3.57. The van der Waals surface area contributed by atoms with Gasteiger partial charge in [0.05, 0.1) is 12.1 Å². The average Bonchev–Trinajstić information content (AvgIpc) is 2.28. The van der Waals surface area contributed by atoms with Crippen molar-refractivity contribution in [3.05, 3.63) is 0 Å². The quantitative estimate of drug-likeness (QED) is 0.397. The zero-order chi connectivity index (χ0) is 9.30. The van der Waals surface area contributed by atoms with Gasteiger partial charge in [-0.2, -0.15) is 0 Å². The first kappa shape index (κ1) is 9.48. The van der Waals surface area contributed by atoms with E-state index in [2.05, 4.69) is 11.8 Å². The minimum atomic E-state index is -0.248. The molecule has 1 heterocycles. The molecule has 0 radical (unpaired) electrons. The number of aliphatic hydroxyl groups is 1. The summed E-state index contributed by atoms with van der Waals surface area (Å²) in [6, 6.07) is 0.288. The third kappa shape index (κ3) is 1.76. The molecule has 3 atom stereocenters. The van der Waals surface area contributed by atoms with E-state index in [1.165, 1.54) is 0 Å². The molecule has 4 N–H and O–H groups in total. The molecule has 1 saturated heterocycles. The fraction of sp³-hybridized carbons (Fsp3) is 0.875. The van der Waals surface area contributed by atoms with Crippen LogP contribution in [0.5, 0.6) is 0 Å². The highest BCUT2D eigenvalue weighted by Gasteiger charge is 2.31. The predicted octanol–water partition coefficient (Wildman–Crippen LogP) is -0.234. The summed E-state index contributed by atoms with van der Waals surface area (Å²) in [5.41, 5.74) is 5.38. The van der Waals surface area contributed by atoms with Crippen LogP contribution in [0.15, 0.2) is 0 Å². The van der Waals surface area contributed by atoms with Crippen LogP contribution in [-0.4, -0.2) is 40.6 Å². The number of nitrogens with two attached hydrogens (primary N) is 1. The summed E-state index contributed by atoms with van der Waals surface area (Å²) in [5.74, 6) is 0.177. The van der Waals surface area contributed by atoms with Crippen LogP contribution in [0.4, 0.5) is 0 Å². The van der Waals surface area contributed by atoms with E-state index in [4.69, 9.17) is 11.1 Å². The van der Waals surface area contributed by atoms with Gasteiger partial charge >= 0.3 is 0 Å². The Labute approximate surface area is 72.9 Å². The number of nitrogens with zero attached hydrogens (tertiary/aromatic N) is 1. The van der Waals surface area contributed by atoms with Crippen molar-refractivity contribution in [2.75, 3.05) is 6.54 Å². The van der Waals surface area contributed by atoms with Gasteiger partial charge in [-0.15, -0.1) is 0 Å². The molecule has 0 amide bonds. The second kappa shape index (κ2) is 3.41. The number of β-amino-alcohol motifs (C(OH)–C–C–N with tert-alkyl or cyclic N) is 1. The molecule has 0 aromatic rings. The molecule has 1 aliphatic heterocycles. The van der Waals surface area contributed by atoms with Crippen molar-refractivity contribution >= 4 is 5.84 Å². The number of rotatable bonds is 2. The van der Waals surface area contributed by atoms with Gasteiger partial charge in [0.1, 0.15) is 5.84 Å². The molecule has 0 bridgehead atoms. The Hall–Kier alpha value is -0.610. The maximum absolute atomic E-state index is 9.35. The van der Waals surface area contributed by atoms with E-state index in [1.54, 1.807) is 0 Å². The molecule has 4 nitrogen and oxygen atoms in total. The van der Waals surface area contributed by atoms with Crippen LogP contribution in [0.1, 0.15) is 20.3 Å². The monoisotopic (exact) mass is 171 g/mol. The Bertz CT molecular complexity index is 183. The highest BCUT2D eigenvalue weighted by molar-refractivity contribution is 5.82. The minimum Gasteiger partial charge on any atom is -0.392 e. The molecule has 1 fully saturated rings. The topological polar surface area (TPSA) is 73.3 Å². The van der Waals surface area contributed by atoms with Crippen LogP contribution in [0.3, 0.4) is 0 Å². The fourth-order valence-corrected chi connectivity index (χ4v) is 1.75. The van der Waals surface area contributed by atoms with Gasteiger partial charge in [-0.3, -0.25) is 10.3 Å². The standard InChI is InChI=1S/C8H17N3O/c1-5-3-7(12)4-11(5)6(2)8(9)10/h5-7,12H,3-4H2,1-2H3,(H3,9,10). The lowest BCUT2D eigenvalue weighted by atomic mass is 10.2. The lowest BCUT2D eigenvalue weighted by Crippen LogP contribution is -2.44. The molecule has 0 saturated carbocycles. The van der Waals surface area contributed by atoms with Crippen molar-refractivity contribution in [2.45, 2.75) is 38.5 Å². The number of hydrogen-bond acceptors (Lipinski definition) is 3. The molecule has 1 rings (SSSR count). The molecular formula is C8H17N3O. The Kier molecular flexibility index (Phi) is 2.69. The normalized spacial score (nSPS) is 33.6. The van der Waals surface area contributed by atoms with E-state index in [-0.39, 0.29) is 18.0 Å². The molecule has 70 valence electrons. The largest absolute Gasteiger partial charge is 0.392 e. The highest BCUT2D eigenvalue weighted by Crippen LogP contribution is 2.19. The zero-order valence-electron chi connectivity index (χ0n) is 7.62. The molecular weight excluding hydrogens is 154 g/mol. The maximum atomic E-state index is 9.35. The third-order valence-corrected chi connectivity index (χ3v) is 2.55. The number of nitrogens with one attached hydrogen (secondary N) is 1. The summed E-state index contributed by atoms with van der Waals surface area (Å²) in [5, 5.41) is 16.6. The minimum absolute atomic E-state index is 0.0443. The smallest absolute Gasteiger partial charge is 0.108 e. The summed E-state index contributed by atoms with van der Waals surface area (Å²) < 4.78 is 0. The SMILES string of the molecule is CC1CC(O)CN1C(C)C(=N)N. The predicted molar refractivity (Wildman–Crippen MR) is 48.2 cm³/mol. The van der Waals surface area contributed by atoms with Gasteiger partial charge in [-0.05, 0) is 20.3 Å². The van der Waals surface area contributed by atoms with Crippen molar-refractivity contribution in [1.82, 2.24) is 4.90 Å². The summed E-state index contributed by atoms with van der Waals surface area (Å²) in [6.07, 6.45) is 0.541. The first-order valence-electron chi connectivity index (χ1n) is 4.30. The van der Waals surface area contributed by atoms with Crippen molar-refractivity contribution in [1.29, 1.82) is 5.41 Å². The van der Waals surface area contributed by atoms with Crippen LogP contribution in [0, 0.1) is 5.41 Å². The maximum Gasteiger partial charge on any atom is 0.108 e. The number of hydrogen-bond donors (Lipinski definition) is 3. The van der Waals surface area contributed by atoms with Crippen LogP contribution < -0.4 is 5.73 Å². The molecule has 4 heteroatoms. The molecule has 1 aliphatic rings. The van der Waals surface area contributed by atoms with Crippen molar-refractivity contribution in [2.24, 2.45) is 5.73 Å². The van der Waals surface area contributed by atoms with E-state index < -0.39 is 0 Å². The number of likely N-dealkylation sites (tertiary alicyclic amines) is 1. The Balaban J connectivity index is 2.57. The van der Waals surface area contributed by atoms with Crippen LogP contribution >= 0.6 is 0 Å². The molecule has 12 heavy (non-hydrogen) atoms. The third-order valence-electron chi connectivity index (χ3n) is 2.55. The summed E-state index contributed by atoms with van der Waals surface area (Å²) in [7, 11) is 0. The lowest BCUT2D eigenvalue weighted by molar-refractivity contribution is 0.170. The number of aliphatic hydroxyl groups excluding tert-OH is 1. The zero-order valence-corrected chi connectivity index (χ0v) is 7.62. The van der Waals surface area contributed by atoms with Gasteiger partial charge < -0.3 is 10.8 Å². The first-order chi connectivity index (χ1) is 5.52. The molecule has 0 aliphatic carbocycles. The fourth-order valence-electron chi connectivity index (χ4n) is 1.75. The van der Waals surface area contributed by atoms with E-state index in [0.717, 1.165) is 6.42 Å². The van der Waals surface area contributed by atoms with E-state index in [9.17, 15) is 5.11 Å². The molecule has 0 aromatic heterocycles. The van der Waals surface area contributed by atoms with Gasteiger partial charge in [0, 0.05) is 12.6 Å². The van der Waals surface area contributed by atoms with Gasteiger partial charge in [0.2, 0.25) is 0 Å². The van der Waals surface area contributed by atoms with Crippen LogP contribution in [0.2, 0.25) is 0 Å². The Morgan fingerprint density at radius 1 is 1.75 bits per heavy atom. The average molecular weight is 171 g/mol. The first-order valence-corrected chi connectivity index (χ1v) is 4.30.